The highest BCUT2D eigenvalue weighted by Crippen LogP contribution is 2.65. The molecule has 1 heterocycles. The first-order valence-corrected chi connectivity index (χ1v) is 8.68. The van der Waals surface area contributed by atoms with Crippen molar-refractivity contribution in [3.8, 4) is 0 Å². The van der Waals surface area contributed by atoms with Crippen LogP contribution in [0.5, 0.6) is 0 Å². The summed E-state index contributed by atoms with van der Waals surface area (Å²) >= 11 is 3.47. The fraction of sp³-hybridized carbons (Fsp3) is 0.647. The summed E-state index contributed by atoms with van der Waals surface area (Å²) in [6.45, 7) is 2.40. The van der Waals surface area contributed by atoms with Crippen LogP contribution in [-0.4, -0.2) is 10.9 Å². The van der Waals surface area contributed by atoms with Crippen LogP contribution in [0.2, 0.25) is 0 Å². The van der Waals surface area contributed by atoms with E-state index in [0.29, 0.717) is 5.41 Å². The van der Waals surface area contributed by atoms with Gasteiger partial charge < -0.3 is 5.32 Å². The SMILES string of the molecule is CC12CC3CC(C1)CC(C(=O)Nc1ccncc1Br)(C3)C2. The molecule has 0 radical (unpaired) electrons. The predicted octanol–water partition coefficient (Wildman–Crippen LogP) is 4.39. The summed E-state index contributed by atoms with van der Waals surface area (Å²) < 4.78 is 0.856. The molecule has 1 N–H and O–H groups in total. The number of nitrogens with one attached hydrogen (secondary N) is 1. The number of aromatic nitrogens is 1. The molecule has 0 spiro atoms. The first kappa shape index (κ1) is 13.7. The summed E-state index contributed by atoms with van der Waals surface area (Å²) in [6.07, 6.45) is 10.7. The summed E-state index contributed by atoms with van der Waals surface area (Å²) in [5.74, 6) is 1.76. The molecule has 0 aliphatic heterocycles. The van der Waals surface area contributed by atoms with Crippen molar-refractivity contribution in [2.75, 3.05) is 5.32 Å². The Bertz CT molecular complexity index is 586. The summed E-state index contributed by atoms with van der Waals surface area (Å²) in [7, 11) is 0. The fourth-order valence-electron chi connectivity index (χ4n) is 5.72. The van der Waals surface area contributed by atoms with Gasteiger partial charge in [0.05, 0.1) is 15.6 Å². The molecule has 1 aromatic rings. The highest BCUT2D eigenvalue weighted by Gasteiger charge is 2.58. The topological polar surface area (TPSA) is 42.0 Å². The quantitative estimate of drug-likeness (QED) is 0.860. The molecule has 4 bridgehead atoms. The average molecular weight is 349 g/mol. The van der Waals surface area contributed by atoms with Gasteiger partial charge in [0.1, 0.15) is 0 Å². The Morgan fingerprint density at radius 3 is 2.67 bits per heavy atom. The van der Waals surface area contributed by atoms with Gasteiger partial charge in [-0.1, -0.05) is 6.92 Å². The molecule has 3 nitrogen and oxygen atoms in total. The molecular weight excluding hydrogens is 328 g/mol. The van der Waals surface area contributed by atoms with Gasteiger partial charge in [-0.25, -0.2) is 0 Å². The van der Waals surface area contributed by atoms with Crippen LogP contribution in [0.25, 0.3) is 0 Å². The average Bonchev–Trinajstić information content (AvgIpc) is 2.38. The van der Waals surface area contributed by atoms with Crippen molar-refractivity contribution >= 4 is 27.5 Å². The minimum absolute atomic E-state index is 0.123. The molecule has 4 aliphatic rings. The number of anilines is 1. The van der Waals surface area contributed by atoms with Crippen LogP contribution in [0.1, 0.15) is 45.4 Å². The number of rotatable bonds is 2. The second-order valence-electron chi connectivity index (χ2n) is 7.86. The van der Waals surface area contributed by atoms with Gasteiger partial charge in [-0.05, 0) is 77.8 Å². The third-order valence-electron chi connectivity index (χ3n) is 5.86. The van der Waals surface area contributed by atoms with Crippen LogP contribution in [0.15, 0.2) is 22.9 Å². The van der Waals surface area contributed by atoms with E-state index in [4.69, 9.17) is 0 Å². The molecule has 1 amide bonds. The van der Waals surface area contributed by atoms with Gasteiger partial charge in [-0.15, -0.1) is 0 Å². The van der Waals surface area contributed by atoms with Crippen molar-refractivity contribution in [1.29, 1.82) is 0 Å². The predicted molar refractivity (Wildman–Crippen MR) is 85.8 cm³/mol. The van der Waals surface area contributed by atoms with Crippen LogP contribution in [0, 0.1) is 22.7 Å². The molecule has 4 heteroatoms. The van der Waals surface area contributed by atoms with E-state index in [9.17, 15) is 4.79 Å². The van der Waals surface area contributed by atoms with Crippen LogP contribution < -0.4 is 5.32 Å². The van der Waals surface area contributed by atoms with E-state index < -0.39 is 0 Å². The second-order valence-corrected chi connectivity index (χ2v) is 8.72. The Morgan fingerprint density at radius 2 is 2.05 bits per heavy atom. The number of nitrogens with zero attached hydrogens (tertiary/aromatic N) is 1. The lowest BCUT2D eigenvalue weighted by molar-refractivity contribution is -0.149. The normalized spacial score (nSPS) is 40.3. The summed E-state index contributed by atoms with van der Waals surface area (Å²) in [4.78, 5) is 17.1. The summed E-state index contributed by atoms with van der Waals surface area (Å²) in [6, 6.07) is 1.87. The minimum atomic E-state index is -0.123. The van der Waals surface area contributed by atoms with E-state index in [2.05, 4.69) is 33.2 Å². The lowest BCUT2D eigenvalue weighted by atomic mass is 9.44. The summed E-state index contributed by atoms with van der Waals surface area (Å²) in [5.41, 5.74) is 1.12. The molecular formula is C17H21BrN2O. The van der Waals surface area contributed by atoms with Gasteiger partial charge >= 0.3 is 0 Å². The van der Waals surface area contributed by atoms with Crippen molar-refractivity contribution in [3.63, 3.8) is 0 Å². The van der Waals surface area contributed by atoms with E-state index in [1.54, 1.807) is 12.4 Å². The van der Waals surface area contributed by atoms with E-state index in [-0.39, 0.29) is 11.3 Å². The van der Waals surface area contributed by atoms with E-state index in [1.165, 1.54) is 19.3 Å². The van der Waals surface area contributed by atoms with E-state index in [1.807, 2.05) is 6.07 Å². The number of hydrogen-bond acceptors (Lipinski definition) is 2. The molecule has 0 saturated heterocycles. The first-order valence-electron chi connectivity index (χ1n) is 7.89. The third-order valence-corrected chi connectivity index (χ3v) is 6.49. The molecule has 112 valence electrons. The molecule has 4 aliphatic carbocycles. The smallest absolute Gasteiger partial charge is 0.230 e. The zero-order valence-corrected chi connectivity index (χ0v) is 13.9. The maximum atomic E-state index is 13.0. The number of amides is 1. The first-order chi connectivity index (χ1) is 9.98. The highest BCUT2D eigenvalue weighted by atomic mass is 79.9. The third kappa shape index (κ3) is 2.23. The molecule has 2 atom stereocenters. The Hall–Kier alpha value is -0.900. The molecule has 4 fully saturated rings. The maximum absolute atomic E-state index is 13.0. The molecule has 4 saturated carbocycles. The van der Waals surface area contributed by atoms with Crippen molar-refractivity contribution in [1.82, 2.24) is 4.98 Å². The molecule has 0 aromatic carbocycles. The number of hydrogen-bond donors (Lipinski definition) is 1. The highest BCUT2D eigenvalue weighted by molar-refractivity contribution is 9.10. The summed E-state index contributed by atoms with van der Waals surface area (Å²) in [5, 5.41) is 3.16. The minimum Gasteiger partial charge on any atom is -0.324 e. The fourth-order valence-corrected chi connectivity index (χ4v) is 6.07. The van der Waals surface area contributed by atoms with Gasteiger partial charge in [-0.2, -0.15) is 0 Å². The zero-order chi connectivity index (χ0) is 14.7. The number of carbonyl (C=O) groups is 1. The van der Waals surface area contributed by atoms with Crippen LogP contribution >= 0.6 is 15.9 Å². The van der Waals surface area contributed by atoms with Gasteiger partial charge in [0, 0.05) is 12.4 Å². The van der Waals surface area contributed by atoms with E-state index >= 15 is 0 Å². The number of pyridine rings is 1. The number of carbonyl (C=O) groups excluding carboxylic acids is 1. The van der Waals surface area contributed by atoms with E-state index in [0.717, 1.165) is 41.3 Å². The van der Waals surface area contributed by atoms with Gasteiger partial charge in [0.2, 0.25) is 5.91 Å². The van der Waals surface area contributed by atoms with Gasteiger partial charge in [0.15, 0.2) is 0 Å². The lowest BCUT2D eigenvalue weighted by Gasteiger charge is -2.60. The van der Waals surface area contributed by atoms with Crippen LogP contribution in [0.3, 0.4) is 0 Å². The van der Waals surface area contributed by atoms with Crippen molar-refractivity contribution in [2.24, 2.45) is 22.7 Å². The maximum Gasteiger partial charge on any atom is 0.230 e. The Morgan fingerprint density at radius 1 is 1.33 bits per heavy atom. The van der Waals surface area contributed by atoms with Crippen LogP contribution in [0.4, 0.5) is 5.69 Å². The molecule has 21 heavy (non-hydrogen) atoms. The van der Waals surface area contributed by atoms with Crippen LogP contribution in [-0.2, 0) is 4.79 Å². The second kappa shape index (κ2) is 4.55. The Balaban J connectivity index is 1.61. The number of halogens is 1. The lowest BCUT2D eigenvalue weighted by Crippen LogP contribution is -2.55. The molecule has 2 unspecified atom stereocenters. The largest absolute Gasteiger partial charge is 0.324 e. The van der Waals surface area contributed by atoms with Crippen molar-refractivity contribution < 1.29 is 4.79 Å². The Kier molecular flexibility index (Phi) is 2.97. The zero-order valence-electron chi connectivity index (χ0n) is 12.4. The van der Waals surface area contributed by atoms with Gasteiger partial charge in [-0.3, -0.25) is 9.78 Å². The molecule has 5 rings (SSSR count). The Labute approximate surface area is 134 Å². The van der Waals surface area contributed by atoms with Crippen molar-refractivity contribution in [2.45, 2.75) is 45.4 Å². The standard InChI is InChI=1S/C17H21BrN2O/c1-16-5-11-4-12(6-16)8-17(7-11,10-16)15(21)20-14-2-3-19-9-13(14)18/h2-3,9,11-12H,4-8,10H2,1H3,(H,19,20,21). The monoisotopic (exact) mass is 348 g/mol. The van der Waals surface area contributed by atoms with Crippen molar-refractivity contribution in [3.05, 3.63) is 22.9 Å². The van der Waals surface area contributed by atoms with Gasteiger partial charge in [0.25, 0.3) is 0 Å². The molecule has 1 aromatic heterocycles.